The summed E-state index contributed by atoms with van der Waals surface area (Å²) in [6, 6.07) is 37.2. The zero-order chi connectivity index (χ0) is 26.5. The number of hydrogen-bond donors (Lipinski definition) is 0. The van der Waals surface area contributed by atoms with Crippen LogP contribution in [0.15, 0.2) is 97.1 Å². The number of anilines is 3. The smallest absolute Gasteiger partial charge is 0.333 e. The molecule has 0 unspecified atom stereocenters. The molecule has 0 fully saturated rings. The lowest BCUT2D eigenvalue weighted by atomic mass is 9.45. The summed E-state index contributed by atoms with van der Waals surface area (Å²) in [6.45, 7) is 7.48. The van der Waals surface area contributed by atoms with Crippen LogP contribution in [0.3, 0.4) is 0 Å². The summed E-state index contributed by atoms with van der Waals surface area (Å²) in [5.74, 6) is 0. The highest BCUT2D eigenvalue weighted by Crippen LogP contribution is 2.49. The molecule has 10 rings (SSSR count). The lowest BCUT2D eigenvalue weighted by Crippen LogP contribution is -2.65. The third kappa shape index (κ3) is 2.32. The number of rotatable bonds is 0. The molecule has 3 aliphatic rings. The number of aryl methyl sites for hydroxylation is 1. The molecule has 0 N–H and O–H groups in total. The minimum Gasteiger partial charge on any atom is -0.367 e. The summed E-state index contributed by atoms with van der Waals surface area (Å²) in [4.78, 5) is 4.02. The molecule has 0 spiro atoms. The second-order valence-corrected chi connectivity index (χ2v) is 17.6. The van der Waals surface area contributed by atoms with Crippen LogP contribution in [0, 0.1) is 6.92 Å². The van der Waals surface area contributed by atoms with Gasteiger partial charge >= 0.3 is 6.85 Å². The molecule has 188 valence electrons. The van der Waals surface area contributed by atoms with Gasteiger partial charge in [-0.25, -0.2) is 0 Å². The van der Waals surface area contributed by atoms with Crippen molar-refractivity contribution >= 4 is 95.8 Å². The first kappa shape index (κ1) is 21.7. The minimum atomic E-state index is -1.91. The van der Waals surface area contributed by atoms with Gasteiger partial charge in [-0.3, -0.25) is 0 Å². The van der Waals surface area contributed by atoms with Crippen LogP contribution in [0.2, 0.25) is 13.1 Å². The van der Waals surface area contributed by atoms with Crippen molar-refractivity contribution < 1.29 is 0 Å². The van der Waals surface area contributed by atoms with E-state index in [1.807, 2.05) is 11.3 Å². The Morgan fingerprint density at radius 3 is 2.42 bits per heavy atom. The number of fused-ring (bicyclic) bond motifs is 11. The first-order valence-corrected chi connectivity index (χ1v) is 18.0. The highest BCUT2D eigenvalue weighted by atomic mass is 32.1. The van der Waals surface area contributed by atoms with Crippen molar-refractivity contribution in [1.29, 1.82) is 0 Å². The molecule has 0 atom stereocenters. The lowest BCUT2D eigenvalue weighted by Gasteiger charge is -2.47. The number of hydrogen-bond acceptors (Lipinski definition) is 2. The molecule has 5 heteroatoms. The molecule has 0 saturated carbocycles. The predicted molar refractivity (Wildman–Crippen MR) is 177 cm³/mol. The molecule has 0 amide bonds. The van der Waals surface area contributed by atoms with Gasteiger partial charge in [0.15, 0.2) is 0 Å². The minimum absolute atomic E-state index is 0.148. The molecular formula is C35H25BN2SSi. The lowest BCUT2D eigenvalue weighted by molar-refractivity contribution is 1.25. The Morgan fingerprint density at radius 1 is 0.725 bits per heavy atom. The topological polar surface area (TPSA) is 8.17 Å². The van der Waals surface area contributed by atoms with Gasteiger partial charge in [0, 0.05) is 49.0 Å². The SMILES string of the molecule is Cc1cc2c3c(c1)N1c4ccccc4[Si](C)(C)c4cccc(c41)B3n1c3sc4ccccc4c3c3cccc-2c31. The maximum absolute atomic E-state index is 2.72. The summed E-state index contributed by atoms with van der Waals surface area (Å²) in [7, 11) is -1.91. The van der Waals surface area contributed by atoms with Gasteiger partial charge in [0.25, 0.3) is 0 Å². The summed E-state index contributed by atoms with van der Waals surface area (Å²) in [6.07, 6.45) is 0. The Kier molecular flexibility index (Phi) is 3.79. The molecule has 0 bridgehead atoms. The fourth-order valence-corrected chi connectivity index (χ4v) is 12.4. The van der Waals surface area contributed by atoms with Gasteiger partial charge in [0.05, 0.1) is 4.83 Å². The predicted octanol–water partition coefficient (Wildman–Crippen LogP) is 6.87. The fourth-order valence-electron chi connectivity index (χ4n) is 8.18. The van der Waals surface area contributed by atoms with Gasteiger partial charge in [-0.15, -0.1) is 11.3 Å². The highest BCUT2D eigenvalue weighted by Gasteiger charge is 2.48. The molecule has 0 saturated heterocycles. The summed E-state index contributed by atoms with van der Waals surface area (Å²) < 4.78 is 4.09. The van der Waals surface area contributed by atoms with Crippen LogP contribution in [0.4, 0.5) is 17.1 Å². The van der Waals surface area contributed by atoms with Gasteiger partial charge < -0.3 is 9.38 Å². The Balaban J connectivity index is 1.44. The van der Waals surface area contributed by atoms with Crippen LogP contribution in [-0.4, -0.2) is 19.4 Å². The first-order chi connectivity index (χ1) is 19.5. The van der Waals surface area contributed by atoms with Gasteiger partial charge in [-0.1, -0.05) is 92.0 Å². The van der Waals surface area contributed by atoms with E-state index in [-0.39, 0.29) is 6.85 Å². The third-order valence-corrected chi connectivity index (χ3v) is 14.5. The Labute approximate surface area is 238 Å². The number of para-hydroxylation sites is 3. The van der Waals surface area contributed by atoms with E-state index in [0.717, 1.165) is 0 Å². The average Bonchev–Trinajstić information content (AvgIpc) is 3.50. The van der Waals surface area contributed by atoms with Crippen molar-refractivity contribution in [3.63, 3.8) is 0 Å². The van der Waals surface area contributed by atoms with Gasteiger partial charge in [0.2, 0.25) is 0 Å². The molecule has 0 radical (unpaired) electrons. The van der Waals surface area contributed by atoms with E-state index in [2.05, 4.69) is 126 Å². The summed E-state index contributed by atoms with van der Waals surface area (Å²) in [5.41, 5.74) is 12.5. The van der Waals surface area contributed by atoms with E-state index in [9.17, 15) is 0 Å². The van der Waals surface area contributed by atoms with Crippen molar-refractivity contribution in [3.8, 4) is 11.1 Å². The highest BCUT2D eigenvalue weighted by molar-refractivity contribution is 7.26. The molecular weight excluding hydrogens is 519 g/mol. The Bertz CT molecular complexity index is 2290. The summed E-state index contributed by atoms with van der Waals surface area (Å²) >= 11 is 1.95. The normalized spacial score (nSPS) is 15.5. The van der Waals surface area contributed by atoms with Gasteiger partial charge in [0.1, 0.15) is 8.07 Å². The van der Waals surface area contributed by atoms with Crippen LogP contribution >= 0.6 is 11.3 Å². The van der Waals surface area contributed by atoms with E-state index in [4.69, 9.17) is 0 Å². The quantitative estimate of drug-likeness (QED) is 0.189. The number of benzene rings is 5. The first-order valence-electron chi connectivity index (χ1n) is 14.2. The third-order valence-electron chi connectivity index (χ3n) is 9.78. The van der Waals surface area contributed by atoms with E-state index >= 15 is 0 Å². The van der Waals surface area contributed by atoms with E-state index < -0.39 is 8.07 Å². The molecule has 2 nitrogen and oxygen atoms in total. The van der Waals surface area contributed by atoms with Crippen LogP contribution in [0.25, 0.3) is 42.3 Å². The zero-order valence-electron chi connectivity index (χ0n) is 22.6. The van der Waals surface area contributed by atoms with Crippen molar-refractivity contribution in [1.82, 2.24) is 4.48 Å². The van der Waals surface area contributed by atoms with Crippen molar-refractivity contribution in [2.24, 2.45) is 0 Å². The van der Waals surface area contributed by atoms with Crippen molar-refractivity contribution in [3.05, 3.63) is 103 Å². The molecule has 5 aromatic carbocycles. The van der Waals surface area contributed by atoms with Gasteiger partial charge in [-0.2, -0.15) is 0 Å². The molecule has 7 aromatic rings. The Morgan fingerprint density at radius 2 is 1.50 bits per heavy atom. The van der Waals surface area contributed by atoms with Gasteiger partial charge in [-0.05, 0) is 57.5 Å². The number of aromatic nitrogens is 1. The van der Waals surface area contributed by atoms with E-state index in [1.54, 1.807) is 5.19 Å². The average molecular weight is 545 g/mol. The molecule has 0 aliphatic carbocycles. The number of nitrogens with zero attached hydrogens (tertiary/aromatic N) is 2. The van der Waals surface area contributed by atoms with Crippen LogP contribution < -0.4 is 26.2 Å². The molecule has 40 heavy (non-hydrogen) atoms. The van der Waals surface area contributed by atoms with Crippen molar-refractivity contribution in [2.45, 2.75) is 20.0 Å². The Hall–Kier alpha value is -4.06. The fraction of sp³-hybridized carbons (Fsp3) is 0.0857. The molecule has 2 aromatic heterocycles. The standard InChI is InChI=1S/C35H25BN2SSi/c1-20-18-24-21-11-8-12-23-31-22-10-4-6-15-28(22)39-35(31)38(33(21)23)36-25-13-9-17-30-34(25)37(27(19-20)32(24)36)26-14-5-7-16-29(26)40(30,2)3/h4-19H,1-3H3. The van der Waals surface area contributed by atoms with Crippen molar-refractivity contribution in [2.75, 3.05) is 4.90 Å². The maximum atomic E-state index is 2.72. The van der Waals surface area contributed by atoms with Crippen LogP contribution in [0.5, 0.6) is 0 Å². The van der Waals surface area contributed by atoms with Crippen LogP contribution in [-0.2, 0) is 0 Å². The molecule has 3 aliphatic heterocycles. The second kappa shape index (κ2) is 6.98. The molecule has 5 heterocycles. The van der Waals surface area contributed by atoms with Crippen LogP contribution in [0.1, 0.15) is 5.56 Å². The largest absolute Gasteiger partial charge is 0.367 e. The number of thiophene rings is 1. The maximum Gasteiger partial charge on any atom is 0.333 e. The van der Waals surface area contributed by atoms with E-state index in [0.29, 0.717) is 0 Å². The second-order valence-electron chi connectivity index (χ2n) is 12.2. The van der Waals surface area contributed by atoms with E-state index in [1.165, 1.54) is 81.1 Å². The summed E-state index contributed by atoms with van der Waals surface area (Å²) in [5, 5.41) is 7.24. The monoisotopic (exact) mass is 544 g/mol. The zero-order valence-corrected chi connectivity index (χ0v) is 24.4.